The SMILES string of the molecule is COc1ccc(S(=O)(=O)N2CCCC2)cc1NS(=O)(=O)Cc1ccc(Cl)c(Cl)c1. The van der Waals surface area contributed by atoms with Crippen LogP contribution < -0.4 is 9.46 Å². The van der Waals surface area contributed by atoms with Crippen LogP contribution in [0.25, 0.3) is 0 Å². The molecule has 1 heterocycles. The van der Waals surface area contributed by atoms with Gasteiger partial charge >= 0.3 is 0 Å². The van der Waals surface area contributed by atoms with Crippen molar-refractivity contribution < 1.29 is 21.6 Å². The van der Waals surface area contributed by atoms with Crippen LogP contribution in [0.3, 0.4) is 0 Å². The van der Waals surface area contributed by atoms with Gasteiger partial charge in [-0.1, -0.05) is 29.3 Å². The van der Waals surface area contributed by atoms with E-state index >= 15 is 0 Å². The number of nitrogens with one attached hydrogen (secondary N) is 1. The maximum atomic E-state index is 12.8. The van der Waals surface area contributed by atoms with Crippen LogP contribution in [0.1, 0.15) is 18.4 Å². The number of anilines is 1. The Balaban J connectivity index is 1.89. The second-order valence-electron chi connectivity index (χ2n) is 6.58. The summed E-state index contributed by atoms with van der Waals surface area (Å²) in [4.78, 5) is 0.00689. The molecule has 11 heteroatoms. The van der Waals surface area contributed by atoms with E-state index in [9.17, 15) is 16.8 Å². The lowest BCUT2D eigenvalue weighted by Crippen LogP contribution is -2.28. The Morgan fingerprint density at radius 1 is 1.00 bits per heavy atom. The molecule has 7 nitrogen and oxygen atoms in total. The lowest BCUT2D eigenvalue weighted by atomic mass is 10.2. The number of benzene rings is 2. The van der Waals surface area contributed by atoms with Gasteiger partial charge in [-0.05, 0) is 48.7 Å². The third-order valence-corrected chi connectivity index (χ3v) is 8.36. The van der Waals surface area contributed by atoms with Gasteiger partial charge in [0.05, 0.1) is 33.5 Å². The minimum Gasteiger partial charge on any atom is -0.495 e. The van der Waals surface area contributed by atoms with E-state index in [2.05, 4.69) is 4.72 Å². The van der Waals surface area contributed by atoms with Crippen molar-refractivity contribution in [1.29, 1.82) is 0 Å². The molecule has 0 spiro atoms. The van der Waals surface area contributed by atoms with Gasteiger partial charge in [-0.2, -0.15) is 4.31 Å². The fourth-order valence-electron chi connectivity index (χ4n) is 3.06. The van der Waals surface area contributed by atoms with Crippen LogP contribution in [0.4, 0.5) is 5.69 Å². The lowest BCUT2D eigenvalue weighted by Gasteiger charge is -2.18. The zero-order valence-electron chi connectivity index (χ0n) is 15.6. The van der Waals surface area contributed by atoms with Crippen LogP contribution in [-0.4, -0.2) is 41.3 Å². The first-order chi connectivity index (χ1) is 13.6. The molecule has 0 atom stereocenters. The quantitative estimate of drug-likeness (QED) is 0.654. The summed E-state index contributed by atoms with van der Waals surface area (Å²) in [6.07, 6.45) is 1.61. The number of ether oxygens (including phenoxy) is 1. The molecule has 1 aliphatic rings. The van der Waals surface area contributed by atoms with Gasteiger partial charge in [0.25, 0.3) is 0 Å². The minimum absolute atomic E-state index is 0.00689. The predicted molar refractivity (Wildman–Crippen MR) is 114 cm³/mol. The zero-order chi connectivity index (χ0) is 21.2. The van der Waals surface area contributed by atoms with Crippen LogP contribution in [0, 0.1) is 0 Å². The highest BCUT2D eigenvalue weighted by Crippen LogP contribution is 2.31. The largest absolute Gasteiger partial charge is 0.495 e. The van der Waals surface area contributed by atoms with Gasteiger partial charge in [-0.3, -0.25) is 4.72 Å². The first kappa shape index (κ1) is 22.2. The smallest absolute Gasteiger partial charge is 0.243 e. The second kappa shape index (κ2) is 8.69. The summed E-state index contributed by atoms with van der Waals surface area (Å²) in [7, 11) is -6.20. The highest BCUT2D eigenvalue weighted by Gasteiger charge is 2.28. The minimum atomic E-state index is -3.87. The average Bonchev–Trinajstić information content (AvgIpc) is 3.19. The molecule has 2 aromatic carbocycles. The lowest BCUT2D eigenvalue weighted by molar-refractivity contribution is 0.416. The Morgan fingerprint density at radius 3 is 2.31 bits per heavy atom. The van der Waals surface area contributed by atoms with Crippen molar-refractivity contribution in [3.63, 3.8) is 0 Å². The maximum Gasteiger partial charge on any atom is 0.243 e. The van der Waals surface area contributed by atoms with E-state index in [-0.39, 0.29) is 27.1 Å². The third kappa shape index (κ3) is 5.16. The van der Waals surface area contributed by atoms with Crippen LogP contribution in [0.2, 0.25) is 10.0 Å². The molecule has 1 N–H and O–H groups in total. The fourth-order valence-corrected chi connectivity index (χ4v) is 6.11. The Morgan fingerprint density at radius 2 is 1.69 bits per heavy atom. The number of rotatable bonds is 7. The Labute approximate surface area is 180 Å². The molecular weight excluding hydrogens is 459 g/mol. The number of hydrogen-bond acceptors (Lipinski definition) is 5. The molecule has 158 valence electrons. The first-order valence-corrected chi connectivity index (χ1v) is 12.6. The Bertz CT molecular complexity index is 1120. The highest BCUT2D eigenvalue weighted by molar-refractivity contribution is 7.92. The summed E-state index contributed by atoms with van der Waals surface area (Å²) >= 11 is 11.8. The van der Waals surface area contributed by atoms with Crippen LogP contribution in [0.5, 0.6) is 5.75 Å². The number of hydrogen-bond donors (Lipinski definition) is 1. The highest BCUT2D eigenvalue weighted by atomic mass is 35.5. The number of sulfonamides is 2. The van der Waals surface area contributed by atoms with E-state index in [4.69, 9.17) is 27.9 Å². The monoisotopic (exact) mass is 478 g/mol. The topological polar surface area (TPSA) is 92.8 Å². The van der Waals surface area contributed by atoms with Crippen molar-refractivity contribution in [2.45, 2.75) is 23.5 Å². The summed E-state index contributed by atoms with van der Waals surface area (Å²) in [5.74, 6) is -0.154. The van der Waals surface area contributed by atoms with E-state index < -0.39 is 20.0 Å². The molecule has 1 saturated heterocycles. The van der Waals surface area contributed by atoms with Crippen LogP contribution in [0.15, 0.2) is 41.3 Å². The molecule has 0 bridgehead atoms. The Kier molecular flexibility index (Phi) is 6.64. The van der Waals surface area contributed by atoms with Crippen molar-refractivity contribution in [3.8, 4) is 5.75 Å². The number of methoxy groups -OCH3 is 1. The van der Waals surface area contributed by atoms with Crippen molar-refractivity contribution >= 4 is 48.9 Å². The molecule has 0 amide bonds. The molecule has 0 aliphatic carbocycles. The van der Waals surface area contributed by atoms with Gasteiger partial charge in [0.1, 0.15) is 5.75 Å². The molecule has 1 fully saturated rings. The molecule has 0 aromatic heterocycles. The molecular formula is C18H20Cl2N2O5S2. The molecule has 0 radical (unpaired) electrons. The fraction of sp³-hybridized carbons (Fsp3) is 0.333. The van der Waals surface area contributed by atoms with Crippen molar-refractivity contribution in [1.82, 2.24) is 4.31 Å². The van der Waals surface area contributed by atoms with E-state index in [1.807, 2.05) is 0 Å². The molecule has 0 unspecified atom stereocenters. The predicted octanol–water partition coefficient (Wildman–Crippen LogP) is 3.73. The van der Waals surface area contributed by atoms with Gasteiger partial charge < -0.3 is 4.74 Å². The van der Waals surface area contributed by atoms with Crippen molar-refractivity contribution in [2.24, 2.45) is 0 Å². The summed E-state index contributed by atoms with van der Waals surface area (Å²) in [6, 6.07) is 8.65. The molecule has 29 heavy (non-hydrogen) atoms. The van der Waals surface area contributed by atoms with Crippen molar-refractivity contribution in [3.05, 3.63) is 52.0 Å². The van der Waals surface area contributed by atoms with Gasteiger partial charge in [0, 0.05) is 13.1 Å². The maximum absolute atomic E-state index is 12.8. The normalized spacial score (nSPS) is 15.4. The van der Waals surface area contributed by atoms with E-state index in [1.165, 1.54) is 41.7 Å². The van der Waals surface area contributed by atoms with Crippen LogP contribution >= 0.6 is 23.2 Å². The number of halogens is 2. The Hall–Kier alpha value is -1.52. The average molecular weight is 479 g/mol. The summed E-state index contributed by atoms with van der Waals surface area (Å²) in [6.45, 7) is 0.902. The van der Waals surface area contributed by atoms with Crippen LogP contribution in [-0.2, 0) is 25.8 Å². The van der Waals surface area contributed by atoms with Gasteiger partial charge in [-0.15, -0.1) is 0 Å². The van der Waals surface area contributed by atoms with E-state index in [1.54, 1.807) is 6.07 Å². The van der Waals surface area contributed by atoms with Gasteiger partial charge in [0.15, 0.2) is 0 Å². The summed E-state index contributed by atoms with van der Waals surface area (Å²) < 4.78 is 59.9. The second-order valence-corrected chi connectivity index (χ2v) is 11.1. The van der Waals surface area contributed by atoms with Gasteiger partial charge in [-0.25, -0.2) is 16.8 Å². The molecule has 0 saturated carbocycles. The third-order valence-electron chi connectivity index (χ3n) is 4.48. The summed E-state index contributed by atoms with van der Waals surface area (Å²) in [5.41, 5.74) is 0.486. The van der Waals surface area contributed by atoms with E-state index in [0.29, 0.717) is 23.7 Å². The molecule has 1 aliphatic heterocycles. The summed E-state index contributed by atoms with van der Waals surface area (Å²) in [5, 5.41) is 0.568. The molecule has 2 aromatic rings. The van der Waals surface area contributed by atoms with Crippen molar-refractivity contribution in [2.75, 3.05) is 24.9 Å². The number of nitrogens with zero attached hydrogens (tertiary/aromatic N) is 1. The standard InChI is InChI=1S/C18H20Cl2N2O5S2/c1-27-18-7-5-14(29(25,26)22-8-2-3-9-22)11-17(18)21-28(23,24)12-13-4-6-15(19)16(20)10-13/h4-7,10-11,21H,2-3,8-9,12H2,1H3. The van der Waals surface area contributed by atoms with E-state index in [0.717, 1.165) is 12.8 Å². The zero-order valence-corrected chi connectivity index (χ0v) is 18.7. The van der Waals surface area contributed by atoms with Gasteiger partial charge in [0.2, 0.25) is 20.0 Å². The first-order valence-electron chi connectivity index (χ1n) is 8.75. The molecule has 3 rings (SSSR count).